The minimum Gasteiger partial charge on any atom is -0.376 e. The van der Waals surface area contributed by atoms with Gasteiger partial charge in [0.2, 0.25) is 11.7 Å². The molecule has 0 aliphatic heterocycles. The van der Waals surface area contributed by atoms with Crippen molar-refractivity contribution in [3.8, 4) is 11.5 Å². The van der Waals surface area contributed by atoms with Gasteiger partial charge in [-0.2, -0.15) is 4.98 Å². The number of nitrogens with zero attached hydrogens (tertiary/aromatic N) is 3. The summed E-state index contributed by atoms with van der Waals surface area (Å²) in [6, 6.07) is 11.3. The number of nitrogens with one attached hydrogen (secondary N) is 1. The van der Waals surface area contributed by atoms with Crippen LogP contribution >= 0.6 is 11.6 Å². The molecule has 0 unspecified atom stereocenters. The number of aromatic nitrogens is 3. The van der Waals surface area contributed by atoms with Crippen LogP contribution in [-0.2, 0) is 6.54 Å². The van der Waals surface area contributed by atoms with Crippen molar-refractivity contribution in [1.82, 2.24) is 15.1 Å². The molecular weight excluding hydrogens is 288 g/mol. The molecule has 5 nitrogen and oxygen atoms in total. The summed E-state index contributed by atoms with van der Waals surface area (Å²) in [5.74, 6) is 1.01. The van der Waals surface area contributed by atoms with Gasteiger partial charge in [0.15, 0.2) is 0 Å². The van der Waals surface area contributed by atoms with Crippen LogP contribution < -0.4 is 5.32 Å². The fourth-order valence-corrected chi connectivity index (χ4v) is 2.01. The molecule has 0 spiro atoms. The van der Waals surface area contributed by atoms with E-state index in [0.717, 1.165) is 16.9 Å². The highest BCUT2D eigenvalue weighted by atomic mass is 35.5. The van der Waals surface area contributed by atoms with Gasteiger partial charge in [0.05, 0.1) is 6.54 Å². The lowest BCUT2D eigenvalue weighted by Crippen LogP contribution is -1.99. The Balaban J connectivity index is 1.71. The third kappa shape index (κ3) is 3.20. The van der Waals surface area contributed by atoms with Crippen LogP contribution in [0.4, 0.5) is 5.69 Å². The Kier molecular flexibility index (Phi) is 3.83. The second-order valence-corrected chi connectivity index (χ2v) is 4.98. The smallest absolute Gasteiger partial charge is 0.246 e. The van der Waals surface area contributed by atoms with Crippen LogP contribution in [0, 0.1) is 6.92 Å². The van der Waals surface area contributed by atoms with Gasteiger partial charge in [-0.3, -0.25) is 4.98 Å². The van der Waals surface area contributed by atoms with Gasteiger partial charge >= 0.3 is 0 Å². The third-order valence-electron chi connectivity index (χ3n) is 2.98. The Labute approximate surface area is 127 Å². The third-order valence-corrected chi connectivity index (χ3v) is 3.23. The molecule has 2 heterocycles. The van der Waals surface area contributed by atoms with Crippen molar-refractivity contribution in [3.63, 3.8) is 0 Å². The molecule has 0 bridgehead atoms. The van der Waals surface area contributed by atoms with Gasteiger partial charge in [-0.05, 0) is 42.8 Å². The first kappa shape index (κ1) is 13.6. The number of anilines is 1. The van der Waals surface area contributed by atoms with E-state index in [9.17, 15) is 0 Å². The van der Waals surface area contributed by atoms with Crippen molar-refractivity contribution >= 4 is 17.3 Å². The van der Waals surface area contributed by atoms with Gasteiger partial charge in [-0.15, -0.1) is 0 Å². The molecule has 0 aliphatic rings. The highest BCUT2D eigenvalue weighted by Crippen LogP contribution is 2.18. The first-order valence-electron chi connectivity index (χ1n) is 6.46. The predicted octanol–water partition coefficient (Wildman–Crippen LogP) is 3.71. The largest absolute Gasteiger partial charge is 0.376 e. The average molecular weight is 301 g/mol. The predicted molar refractivity (Wildman–Crippen MR) is 81.0 cm³/mol. The van der Waals surface area contributed by atoms with Crippen LogP contribution in [0.15, 0.2) is 47.1 Å². The van der Waals surface area contributed by atoms with Crippen molar-refractivity contribution in [2.24, 2.45) is 0 Å². The fraction of sp³-hybridized carbons (Fsp3) is 0.133. The van der Waals surface area contributed by atoms with E-state index in [1.165, 1.54) is 0 Å². The maximum atomic E-state index is 5.84. The van der Waals surface area contributed by atoms with Gasteiger partial charge in [-0.25, -0.2) is 0 Å². The maximum absolute atomic E-state index is 5.84. The Bertz CT molecular complexity index is 739. The molecule has 0 aliphatic carbocycles. The van der Waals surface area contributed by atoms with Crippen molar-refractivity contribution < 1.29 is 4.52 Å². The number of pyridine rings is 1. The summed E-state index contributed by atoms with van der Waals surface area (Å²) in [6.45, 7) is 2.41. The number of aryl methyl sites for hydroxylation is 1. The molecule has 1 N–H and O–H groups in total. The number of hydrogen-bond acceptors (Lipinski definition) is 5. The summed E-state index contributed by atoms with van der Waals surface area (Å²) in [6.07, 6.45) is 1.71. The van der Waals surface area contributed by atoms with Crippen LogP contribution in [-0.4, -0.2) is 15.1 Å². The zero-order chi connectivity index (χ0) is 14.7. The Morgan fingerprint density at radius 3 is 2.76 bits per heavy atom. The van der Waals surface area contributed by atoms with Gasteiger partial charge in [0.25, 0.3) is 0 Å². The first-order chi connectivity index (χ1) is 10.2. The van der Waals surface area contributed by atoms with E-state index in [-0.39, 0.29) is 0 Å². The topological polar surface area (TPSA) is 63.8 Å². The molecule has 0 atom stereocenters. The van der Waals surface area contributed by atoms with E-state index in [0.29, 0.717) is 23.3 Å². The number of hydrogen-bond donors (Lipinski definition) is 1. The Morgan fingerprint density at radius 2 is 2.00 bits per heavy atom. The number of halogens is 1. The summed E-state index contributed by atoms with van der Waals surface area (Å²) >= 11 is 5.84. The lowest BCUT2D eigenvalue weighted by molar-refractivity contribution is 0.384. The van der Waals surface area contributed by atoms with Crippen LogP contribution in [0.5, 0.6) is 0 Å². The van der Waals surface area contributed by atoms with Crippen LogP contribution in [0.1, 0.15) is 11.5 Å². The molecule has 0 amide bonds. The molecule has 0 radical (unpaired) electrons. The average Bonchev–Trinajstić information content (AvgIpc) is 2.96. The van der Waals surface area contributed by atoms with Crippen molar-refractivity contribution in [1.29, 1.82) is 0 Å². The molecule has 3 aromatic rings. The summed E-state index contributed by atoms with van der Waals surface area (Å²) in [7, 11) is 0. The lowest BCUT2D eigenvalue weighted by Gasteiger charge is -2.02. The Hall–Kier alpha value is -2.40. The standard InChI is InChI=1S/C15H13ClN4O/c1-10-3-2-8-17-14(10)15-19-13(21-20-15)9-18-12-6-4-11(16)5-7-12/h2-8,18H,9H2,1H3. The molecule has 0 saturated carbocycles. The van der Waals surface area contributed by atoms with Crippen molar-refractivity contribution in [3.05, 3.63) is 59.1 Å². The van der Waals surface area contributed by atoms with Gasteiger partial charge < -0.3 is 9.84 Å². The van der Waals surface area contributed by atoms with E-state index >= 15 is 0 Å². The van der Waals surface area contributed by atoms with Crippen LogP contribution in [0.25, 0.3) is 11.5 Å². The van der Waals surface area contributed by atoms with Crippen molar-refractivity contribution in [2.75, 3.05) is 5.32 Å². The van der Waals surface area contributed by atoms with E-state index in [1.807, 2.05) is 43.3 Å². The molecule has 6 heteroatoms. The van der Waals surface area contributed by atoms with E-state index in [2.05, 4.69) is 20.4 Å². The molecule has 106 valence electrons. The van der Waals surface area contributed by atoms with Crippen LogP contribution in [0.2, 0.25) is 5.02 Å². The summed E-state index contributed by atoms with van der Waals surface area (Å²) in [5, 5.41) is 7.86. The molecule has 2 aromatic heterocycles. The highest BCUT2D eigenvalue weighted by molar-refractivity contribution is 6.30. The molecule has 3 rings (SSSR count). The van der Waals surface area contributed by atoms with Gasteiger partial charge in [0, 0.05) is 16.9 Å². The molecular formula is C15H13ClN4O. The first-order valence-corrected chi connectivity index (χ1v) is 6.84. The lowest BCUT2D eigenvalue weighted by atomic mass is 10.2. The van der Waals surface area contributed by atoms with E-state index < -0.39 is 0 Å². The fourth-order valence-electron chi connectivity index (χ4n) is 1.89. The van der Waals surface area contributed by atoms with E-state index in [4.69, 9.17) is 16.1 Å². The second kappa shape index (κ2) is 5.93. The summed E-state index contributed by atoms with van der Waals surface area (Å²) in [5.41, 5.74) is 2.68. The van der Waals surface area contributed by atoms with Gasteiger partial charge in [0.1, 0.15) is 5.69 Å². The summed E-state index contributed by atoms with van der Waals surface area (Å²) in [4.78, 5) is 8.61. The second-order valence-electron chi connectivity index (χ2n) is 4.54. The molecule has 21 heavy (non-hydrogen) atoms. The number of benzene rings is 1. The van der Waals surface area contributed by atoms with E-state index in [1.54, 1.807) is 6.20 Å². The summed E-state index contributed by atoms with van der Waals surface area (Å²) < 4.78 is 5.23. The number of rotatable bonds is 4. The normalized spacial score (nSPS) is 10.6. The zero-order valence-electron chi connectivity index (χ0n) is 11.4. The zero-order valence-corrected chi connectivity index (χ0v) is 12.1. The quantitative estimate of drug-likeness (QED) is 0.796. The van der Waals surface area contributed by atoms with Crippen LogP contribution in [0.3, 0.4) is 0 Å². The highest BCUT2D eigenvalue weighted by Gasteiger charge is 2.11. The molecule has 0 saturated heterocycles. The van der Waals surface area contributed by atoms with Gasteiger partial charge in [-0.1, -0.05) is 22.8 Å². The minimum atomic E-state index is 0.445. The monoisotopic (exact) mass is 300 g/mol. The minimum absolute atomic E-state index is 0.445. The SMILES string of the molecule is Cc1cccnc1-c1noc(CNc2ccc(Cl)cc2)n1. The maximum Gasteiger partial charge on any atom is 0.246 e. The Morgan fingerprint density at radius 1 is 1.19 bits per heavy atom. The molecule has 1 aromatic carbocycles. The molecule has 0 fully saturated rings. The van der Waals surface area contributed by atoms with Crippen molar-refractivity contribution in [2.45, 2.75) is 13.5 Å².